The Morgan fingerprint density at radius 3 is 2.53 bits per heavy atom. The van der Waals surface area contributed by atoms with Gasteiger partial charge in [0.15, 0.2) is 5.82 Å². The van der Waals surface area contributed by atoms with Crippen LogP contribution < -0.4 is 16.6 Å². The molecule has 4 rings (SSSR count). The highest BCUT2D eigenvalue weighted by atomic mass is 35.5. The van der Waals surface area contributed by atoms with Crippen molar-refractivity contribution in [1.29, 1.82) is 0 Å². The van der Waals surface area contributed by atoms with Crippen molar-refractivity contribution in [2.24, 2.45) is 0 Å². The molecule has 0 unspecified atom stereocenters. The zero-order valence-electron chi connectivity index (χ0n) is 16.0. The summed E-state index contributed by atoms with van der Waals surface area (Å²) in [5.74, 6) is 0.334. The molecule has 1 amide bonds. The fourth-order valence-corrected chi connectivity index (χ4v) is 3.31. The molecular formula is C21H17ClN4O4. The average Bonchev–Trinajstić information content (AvgIpc) is 3.14. The fraction of sp³-hybridized carbons (Fsp3) is 0.143. The molecule has 0 spiro atoms. The molecule has 152 valence electrons. The van der Waals surface area contributed by atoms with Crippen LogP contribution in [0.15, 0.2) is 68.7 Å². The fourth-order valence-electron chi connectivity index (χ4n) is 3.19. The molecule has 0 aliphatic heterocycles. The summed E-state index contributed by atoms with van der Waals surface area (Å²) in [4.78, 5) is 38.6. The Morgan fingerprint density at radius 1 is 1.10 bits per heavy atom. The van der Waals surface area contributed by atoms with E-state index in [9.17, 15) is 14.4 Å². The molecule has 0 aliphatic carbocycles. The van der Waals surface area contributed by atoms with E-state index in [0.29, 0.717) is 21.7 Å². The molecule has 2 heterocycles. The van der Waals surface area contributed by atoms with Crippen LogP contribution in [-0.2, 0) is 17.9 Å². The van der Waals surface area contributed by atoms with Crippen LogP contribution >= 0.6 is 11.6 Å². The molecule has 0 aliphatic rings. The number of rotatable bonds is 5. The topological polar surface area (TPSA) is 99.1 Å². The van der Waals surface area contributed by atoms with E-state index in [0.717, 1.165) is 10.1 Å². The van der Waals surface area contributed by atoms with Gasteiger partial charge in [-0.15, -0.1) is 0 Å². The van der Waals surface area contributed by atoms with E-state index in [4.69, 9.17) is 16.1 Å². The highest BCUT2D eigenvalue weighted by Crippen LogP contribution is 2.12. The van der Waals surface area contributed by atoms with E-state index in [1.165, 1.54) is 4.57 Å². The van der Waals surface area contributed by atoms with Gasteiger partial charge in [0.1, 0.15) is 12.3 Å². The van der Waals surface area contributed by atoms with Crippen LogP contribution in [0.3, 0.4) is 0 Å². The van der Waals surface area contributed by atoms with Crippen LogP contribution in [0, 0.1) is 6.92 Å². The number of halogens is 1. The first-order chi connectivity index (χ1) is 14.4. The van der Waals surface area contributed by atoms with Crippen molar-refractivity contribution in [3.8, 4) is 0 Å². The Kier molecular flexibility index (Phi) is 5.24. The summed E-state index contributed by atoms with van der Waals surface area (Å²) < 4.78 is 7.31. The lowest BCUT2D eigenvalue weighted by Crippen LogP contribution is -2.42. The summed E-state index contributed by atoms with van der Waals surface area (Å²) in [6.45, 7) is 1.48. The average molecular weight is 425 g/mol. The molecular weight excluding hydrogens is 408 g/mol. The first-order valence-electron chi connectivity index (χ1n) is 9.12. The second kappa shape index (κ2) is 8.00. The maximum Gasteiger partial charge on any atom is 0.332 e. The predicted molar refractivity (Wildman–Crippen MR) is 113 cm³/mol. The molecule has 0 fully saturated rings. The molecule has 0 saturated carbocycles. The molecule has 2 aromatic carbocycles. The molecule has 0 saturated heterocycles. The van der Waals surface area contributed by atoms with Gasteiger partial charge in [-0.1, -0.05) is 41.0 Å². The van der Waals surface area contributed by atoms with Gasteiger partial charge in [-0.3, -0.25) is 18.7 Å². The normalized spacial score (nSPS) is 11.0. The maximum atomic E-state index is 13.2. The number of hydrogen-bond acceptors (Lipinski definition) is 5. The lowest BCUT2D eigenvalue weighted by Gasteiger charge is -2.14. The van der Waals surface area contributed by atoms with E-state index in [2.05, 4.69) is 10.5 Å². The van der Waals surface area contributed by atoms with Gasteiger partial charge in [-0.05, 0) is 36.8 Å². The van der Waals surface area contributed by atoms with Crippen molar-refractivity contribution in [3.63, 3.8) is 0 Å². The lowest BCUT2D eigenvalue weighted by atomic mass is 10.2. The summed E-state index contributed by atoms with van der Waals surface area (Å²) in [6.07, 6.45) is 0. The third kappa shape index (κ3) is 3.90. The van der Waals surface area contributed by atoms with E-state index in [1.807, 2.05) is 0 Å². The van der Waals surface area contributed by atoms with E-state index in [1.54, 1.807) is 61.5 Å². The van der Waals surface area contributed by atoms with Crippen LogP contribution in [-0.4, -0.2) is 20.2 Å². The van der Waals surface area contributed by atoms with Gasteiger partial charge in [0.05, 0.1) is 17.4 Å². The van der Waals surface area contributed by atoms with Gasteiger partial charge >= 0.3 is 5.69 Å². The molecule has 0 bridgehead atoms. The number of carbonyl (C=O) groups excluding carboxylic acids is 1. The number of aryl methyl sites for hydroxylation is 1. The Labute approximate surface area is 175 Å². The van der Waals surface area contributed by atoms with Gasteiger partial charge in [-0.25, -0.2) is 4.79 Å². The largest absolute Gasteiger partial charge is 0.360 e. The smallest absolute Gasteiger partial charge is 0.332 e. The molecule has 30 heavy (non-hydrogen) atoms. The SMILES string of the molecule is Cc1cc(NC(=O)Cn2c(=O)n(Cc3ccc(Cl)cc3)c(=O)c3ccccc32)no1. The second-order valence-corrected chi connectivity index (χ2v) is 7.21. The van der Waals surface area contributed by atoms with E-state index in [-0.39, 0.29) is 18.9 Å². The summed E-state index contributed by atoms with van der Waals surface area (Å²) in [6, 6.07) is 15.1. The predicted octanol–water partition coefficient (Wildman–Crippen LogP) is 2.80. The van der Waals surface area contributed by atoms with Gasteiger partial charge in [0.25, 0.3) is 5.56 Å². The van der Waals surface area contributed by atoms with Crippen LogP contribution in [0.2, 0.25) is 5.02 Å². The van der Waals surface area contributed by atoms with Crippen LogP contribution in [0.1, 0.15) is 11.3 Å². The number of nitrogens with one attached hydrogen (secondary N) is 1. The monoisotopic (exact) mass is 424 g/mol. The zero-order valence-corrected chi connectivity index (χ0v) is 16.7. The Hall–Kier alpha value is -3.65. The summed E-state index contributed by atoms with van der Waals surface area (Å²) in [5.41, 5.74) is 0.115. The molecule has 0 atom stereocenters. The molecule has 8 nitrogen and oxygen atoms in total. The molecule has 4 aromatic rings. The minimum absolute atomic E-state index is 0.0593. The molecule has 2 aromatic heterocycles. The zero-order chi connectivity index (χ0) is 21.3. The number of benzene rings is 2. The quantitative estimate of drug-likeness (QED) is 0.531. The Balaban J connectivity index is 1.76. The highest BCUT2D eigenvalue weighted by Gasteiger charge is 2.16. The Bertz CT molecular complexity index is 1350. The summed E-state index contributed by atoms with van der Waals surface area (Å²) >= 11 is 5.92. The van der Waals surface area contributed by atoms with E-state index >= 15 is 0 Å². The van der Waals surface area contributed by atoms with Gasteiger partial charge in [-0.2, -0.15) is 0 Å². The third-order valence-corrected chi connectivity index (χ3v) is 4.84. The first-order valence-corrected chi connectivity index (χ1v) is 9.50. The van der Waals surface area contributed by atoms with Gasteiger partial charge < -0.3 is 9.84 Å². The van der Waals surface area contributed by atoms with Crippen molar-refractivity contribution in [1.82, 2.24) is 14.3 Å². The number of aromatic nitrogens is 3. The number of nitrogens with zero attached hydrogens (tertiary/aromatic N) is 3. The van der Waals surface area contributed by atoms with Gasteiger partial charge in [0.2, 0.25) is 5.91 Å². The Morgan fingerprint density at radius 2 is 1.83 bits per heavy atom. The molecule has 0 radical (unpaired) electrons. The number of fused-ring (bicyclic) bond motifs is 1. The van der Waals surface area contributed by atoms with Gasteiger partial charge in [0, 0.05) is 11.1 Å². The van der Waals surface area contributed by atoms with Crippen molar-refractivity contribution < 1.29 is 9.32 Å². The van der Waals surface area contributed by atoms with Crippen LogP contribution in [0.25, 0.3) is 10.9 Å². The number of amides is 1. The third-order valence-electron chi connectivity index (χ3n) is 4.58. The van der Waals surface area contributed by atoms with E-state index < -0.39 is 17.2 Å². The number of para-hydroxylation sites is 1. The number of anilines is 1. The standard InChI is InChI=1S/C21H17ClN4O4/c1-13-10-18(24-30-13)23-19(27)12-25-17-5-3-2-4-16(17)20(28)26(21(25)29)11-14-6-8-15(22)9-7-14/h2-10H,11-12H2,1H3,(H,23,24,27). The van der Waals surface area contributed by atoms with Crippen molar-refractivity contribution >= 4 is 34.2 Å². The minimum atomic E-state index is -0.583. The maximum absolute atomic E-state index is 13.2. The van der Waals surface area contributed by atoms with Crippen molar-refractivity contribution in [3.05, 3.63) is 91.8 Å². The van der Waals surface area contributed by atoms with Crippen LogP contribution in [0.4, 0.5) is 5.82 Å². The second-order valence-electron chi connectivity index (χ2n) is 6.77. The first kappa shape index (κ1) is 19.7. The number of hydrogen-bond donors (Lipinski definition) is 1. The molecule has 9 heteroatoms. The van der Waals surface area contributed by atoms with Crippen molar-refractivity contribution in [2.45, 2.75) is 20.0 Å². The minimum Gasteiger partial charge on any atom is -0.360 e. The lowest BCUT2D eigenvalue weighted by molar-refractivity contribution is -0.116. The summed E-state index contributed by atoms with van der Waals surface area (Å²) in [7, 11) is 0. The van der Waals surface area contributed by atoms with Crippen LogP contribution in [0.5, 0.6) is 0 Å². The molecule has 1 N–H and O–H groups in total. The van der Waals surface area contributed by atoms with Crippen molar-refractivity contribution in [2.75, 3.05) is 5.32 Å². The highest BCUT2D eigenvalue weighted by molar-refractivity contribution is 6.30. The number of carbonyl (C=O) groups is 1. The summed E-state index contributed by atoms with van der Waals surface area (Å²) in [5, 5.41) is 7.20.